The molecule has 0 unspecified atom stereocenters. The Morgan fingerprint density at radius 3 is 2.16 bits per heavy atom. The maximum Gasteiger partial charge on any atom is 0.408 e. The zero-order valence-corrected chi connectivity index (χ0v) is 19.2. The highest BCUT2D eigenvalue weighted by Gasteiger charge is 2.73. The van der Waals surface area contributed by atoms with Crippen LogP contribution in [0.3, 0.4) is 0 Å². The standard InChI is InChI=1S/C22H24ClNO6S/c1-21(2,3)30-20(26)24-22(13-25)18(14-5-9-16(29-4)10-6-14)19(22)31(27,28)17-11-7-15(23)8-12-17/h5-13,18-19H,1-4H3,(H,24,26)/t18-,19-,22+/m1/s1. The largest absolute Gasteiger partial charge is 0.497 e. The minimum atomic E-state index is -4.00. The van der Waals surface area contributed by atoms with Crippen LogP contribution < -0.4 is 10.1 Å². The summed E-state index contributed by atoms with van der Waals surface area (Å²) in [5.74, 6) is -0.220. The number of ether oxygens (including phenoxy) is 2. The lowest BCUT2D eigenvalue weighted by Gasteiger charge is -2.22. The van der Waals surface area contributed by atoms with E-state index in [4.69, 9.17) is 21.1 Å². The number of amides is 1. The van der Waals surface area contributed by atoms with Crippen LogP contribution in [0.1, 0.15) is 32.3 Å². The first-order valence-electron chi connectivity index (χ1n) is 9.55. The number of nitrogens with one attached hydrogen (secondary N) is 1. The van der Waals surface area contributed by atoms with E-state index in [1.54, 1.807) is 45.0 Å². The van der Waals surface area contributed by atoms with E-state index < -0.39 is 38.2 Å². The van der Waals surface area contributed by atoms with Crippen molar-refractivity contribution in [2.45, 2.75) is 48.0 Å². The van der Waals surface area contributed by atoms with Crippen LogP contribution in [0, 0.1) is 0 Å². The van der Waals surface area contributed by atoms with Gasteiger partial charge in [0, 0.05) is 10.9 Å². The van der Waals surface area contributed by atoms with Crippen LogP contribution in [0.2, 0.25) is 5.02 Å². The number of rotatable bonds is 6. The monoisotopic (exact) mass is 465 g/mol. The summed E-state index contributed by atoms with van der Waals surface area (Å²) in [7, 11) is -2.48. The molecule has 1 aliphatic carbocycles. The van der Waals surface area contributed by atoms with E-state index in [1.165, 1.54) is 31.4 Å². The molecule has 0 heterocycles. The molecule has 2 aromatic rings. The average Bonchev–Trinajstić information content (AvgIpc) is 3.36. The molecule has 1 N–H and O–H groups in total. The fraction of sp³-hybridized carbons (Fsp3) is 0.364. The Balaban J connectivity index is 2.04. The number of carbonyl (C=O) groups is 2. The summed E-state index contributed by atoms with van der Waals surface area (Å²) in [6, 6.07) is 12.4. The summed E-state index contributed by atoms with van der Waals surface area (Å²) in [5.41, 5.74) is -1.91. The zero-order chi connectivity index (χ0) is 23.0. The smallest absolute Gasteiger partial charge is 0.408 e. The van der Waals surface area contributed by atoms with E-state index in [1.807, 2.05) is 0 Å². The first-order chi connectivity index (χ1) is 14.4. The highest BCUT2D eigenvalue weighted by molar-refractivity contribution is 7.92. The molecule has 3 atom stereocenters. The van der Waals surface area contributed by atoms with Gasteiger partial charge in [-0.25, -0.2) is 13.2 Å². The fourth-order valence-corrected chi connectivity index (χ4v) is 6.01. The Hall–Kier alpha value is -2.58. The normalized spacial score (nSPS) is 23.0. The maximum absolute atomic E-state index is 13.4. The van der Waals surface area contributed by atoms with Crippen LogP contribution in [0.15, 0.2) is 53.4 Å². The number of carbonyl (C=O) groups excluding carboxylic acids is 2. The van der Waals surface area contributed by atoms with Crippen molar-refractivity contribution in [1.29, 1.82) is 0 Å². The number of aldehydes is 1. The van der Waals surface area contributed by atoms with Crippen molar-refractivity contribution in [3.05, 3.63) is 59.1 Å². The van der Waals surface area contributed by atoms with Crippen LogP contribution in [0.4, 0.5) is 4.79 Å². The number of alkyl carbamates (subject to hydrolysis) is 1. The first-order valence-corrected chi connectivity index (χ1v) is 11.5. The molecule has 0 bridgehead atoms. The number of hydrogen-bond donors (Lipinski definition) is 1. The Kier molecular flexibility index (Phi) is 6.08. The van der Waals surface area contributed by atoms with Gasteiger partial charge in [0.1, 0.15) is 28.4 Å². The summed E-state index contributed by atoms with van der Waals surface area (Å²) in [5, 5.41) is 1.70. The van der Waals surface area contributed by atoms with E-state index in [0.29, 0.717) is 22.6 Å². The molecule has 0 aromatic heterocycles. The molecule has 0 radical (unpaired) electrons. The van der Waals surface area contributed by atoms with Gasteiger partial charge in [-0.15, -0.1) is 0 Å². The van der Waals surface area contributed by atoms with Crippen LogP contribution in [0.25, 0.3) is 0 Å². The average molecular weight is 466 g/mol. The Bertz CT molecular complexity index is 1080. The second-order valence-electron chi connectivity index (χ2n) is 8.35. The maximum atomic E-state index is 13.4. The van der Waals surface area contributed by atoms with E-state index in [-0.39, 0.29) is 4.90 Å². The minimum absolute atomic E-state index is 0.00938. The molecule has 1 saturated carbocycles. The van der Waals surface area contributed by atoms with Gasteiger partial charge in [0.25, 0.3) is 0 Å². The highest BCUT2D eigenvalue weighted by Crippen LogP contribution is 2.56. The molecule has 1 amide bonds. The molecule has 166 valence electrons. The molecule has 7 nitrogen and oxygen atoms in total. The summed E-state index contributed by atoms with van der Waals surface area (Å²) in [6.07, 6.45) is -0.392. The zero-order valence-electron chi connectivity index (χ0n) is 17.6. The number of methoxy groups -OCH3 is 1. The molecule has 9 heteroatoms. The molecule has 31 heavy (non-hydrogen) atoms. The highest BCUT2D eigenvalue weighted by atomic mass is 35.5. The second-order valence-corrected chi connectivity index (χ2v) is 10.9. The summed E-state index contributed by atoms with van der Waals surface area (Å²) < 4.78 is 37.3. The van der Waals surface area contributed by atoms with Gasteiger partial charge >= 0.3 is 6.09 Å². The molecular weight excluding hydrogens is 442 g/mol. The third kappa shape index (κ3) is 4.55. The van der Waals surface area contributed by atoms with E-state index >= 15 is 0 Å². The third-order valence-electron chi connectivity index (χ3n) is 5.04. The lowest BCUT2D eigenvalue weighted by Crippen LogP contribution is -2.45. The molecule has 0 spiro atoms. The van der Waals surface area contributed by atoms with Gasteiger partial charge in [-0.05, 0) is 62.7 Å². The molecule has 1 aliphatic rings. The number of sulfone groups is 1. The van der Waals surface area contributed by atoms with Crippen molar-refractivity contribution in [3.8, 4) is 5.75 Å². The van der Waals surface area contributed by atoms with Crippen molar-refractivity contribution >= 4 is 33.8 Å². The predicted molar refractivity (Wildman–Crippen MR) is 116 cm³/mol. The molecule has 2 aromatic carbocycles. The van der Waals surface area contributed by atoms with E-state index in [2.05, 4.69) is 5.32 Å². The van der Waals surface area contributed by atoms with Gasteiger partial charge in [-0.3, -0.25) is 0 Å². The molecule has 0 saturated heterocycles. The van der Waals surface area contributed by atoms with Crippen molar-refractivity contribution in [1.82, 2.24) is 5.32 Å². The van der Waals surface area contributed by atoms with Crippen molar-refractivity contribution in [2.24, 2.45) is 0 Å². The van der Waals surface area contributed by atoms with Crippen LogP contribution in [-0.2, 0) is 19.4 Å². The minimum Gasteiger partial charge on any atom is -0.497 e. The summed E-state index contributed by atoms with van der Waals surface area (Å²) in [6.45, 7) is 5.03. The number of benzene rings is 2. The topological polar surface area (TPSA) is 98.8 Å². The van der Waals surface area contributed by atoms with Crippen molar-refractivity contribution in [2.75, 3.05) is 7.11 Å². The Morgan fingerprint density at radius 1 is 1.10 bits per heavy atom. The van der Waals surface area contributed by atoms with Gasteiger partial charge in [0.15, 0.2) is 9.84 Å². The molecule has 0 aliphatic heterocycles. The molecule has 1 fully saturated rings. The van der Waals surface area contributed by atoms with Crippen LogP contribution >= 0.6 is 11.6 Å². The fourth-order valence-electron chi connectivity index (χ4n) is 3.64. The predicted octanol–water partition coefficient (Wildman–Crippen LogP) is 3.75. The van der Waals surface area contributed by atoms with E-state index in [9.17, 15) is 18.0 Å². The van der Waals surface area contributed by atoms with Crippen molar-refractivity contribution in [3.63, 3.8) is 0 Å². The van der Waals surface area contributed by atoms with Crippen LogP contribution in [0.5, 0.6) is 5.75 Å². The van der Waals surface area contributed by atoms with Gasteiger partial charge in [0.2, 0.25) is 0 Å². The Morgan fingerprint density at radius 2 is 1.68 bits per heavy atom. The van der Waals surface area contributed by atoms with Gasteiger partial charge in [0.05, 0.1) is 12.0 Å². The van der Waals surface area contributed by atoms with Gasteiger partial charge < -0.3 is 19.6 Å². The van der Waals surface area contributed by atoms with Gasteiger partial charge in [-0.1, -0.05) is 23.7 Å². The second kappa shape index (κ2) is 8.16. The molecular formula is C22H24ClNO6S. The first kappa shape index (κ1) is 23.1. The summed E-state index contributed by atoms with van der Waals surface area (Å²) >= 11 is 5.89. The van der Waals surface area contributed by atoms with E-state index in [0.717, 1.165) is 0 Å². The number of hydrogen-bond acceptors (Lipinski definition) is 6. The number of halogens is 1. The SMILES string of the molecule is COc1ccc([C@@H]2[C@@H](S(=O)(=O)c3ccc(Cl)cc3)[C@@]2(C=O)NC(=O)OC(C)(C)C)cc1. The van der Waals surface area contributed by atoms with Crippen LogP contribution in [-0.4, -0.2) is 44.3 Å². The quantitative estimate of drug-likeness (QED) is 0.652. The lowest BCUT2D eigenvalue weighted by molar-refractivity contribution is -0.110. The lowest BCUT2D eigenvalue weighted by atomic mass is 10.1. The van der Waals surface area contributed by atoms with Gasteiger partial charge in [-0.2, -0.15) is 0 Å². The van der Waals surface area contributed by atoms with Crippen molar-refractivity contribution < 1.29 is 27.5 Å². The third-order valence-corrected chi connectivity index (χ3v) is 7.55. The molecule has 3 rings (SSSR count). The Labute approximate surface area is 186 Å². The summed E-state index contributed by atoms with van der Waals surface area (Å²) in [4.78, 5) is 24.7.